The second kappa shape index (κ2) is 7.00. The Morgan fingerprint density at radius 3 is 2.00 bits per heavy atom. The van der Waals surface area contributed by atoms with Crippen LogP contribution in [-0.2, 0) is 16.3 Å². The molecule has 0 aliphatic carbocycles. The van der Waals surface area contributed by atoms with E-state index in [1.165, 1.54) is 21.9 Å². The average molecular weight is 264 g/mol. The summed E-state index contributed by atoms with van der Waals surface area (Å²) in [5.74, 6) is 0.409. The van der Waals surface area contributed by atoms with E-state index in [2.05, 4.69) is 39.6 Å². The molecule has 0 saturated carbocycles. The second-order valence-electron chi connectivity index (χ2n) is 2.31. The molecule has 0 nitrogen and oxygen atoms in total. The number of halogens is 1. The van der Waals surface area contributed by atoms with Crippen LogP contribution in [0.3, 0.4) is 0 Å². The van der Waals surface area contributed by atoms with Gasteiger partial charge in [-0.3, -0.25) is 0 Å². The first-order valence-electron chi connectivity index (χ1n) is 3.45. The first-order chi connectivity index (χ1) is 5.30. The van der Waals surface area contributed by atoms with Crippen LogP contribution in [0.4, 0.5) is 0 Å². The van der Waals surface area contributed by atoms with Crippen molar-refractivity contribution in [3.05, 3.63) is 42.8 Å². The van der Waals surface area contributed by atoms with Crippen LogP contribution < -0.4 is 0 Å². The first-order valence-corrected chi connectivity index (χ1v) is 10.4. The molecule has 0 radical (unpaired) electrons. The van der Waals surface area contributed by atoms with Crippen LogP contribution in [0.25, 0.3) is 0 Å². The third kappa shape index (κ3) is 4.71. The van der Waals surface area contributed by atoms with Gasteiger partial charge in [-0.05, 0) is 0 Å². The summed E-state index contributed by atoms with van der Waals surface area (Å²) in [6.07, 6.45) is 0. The van der Waals surface area contributed by atoms with Gasteiger partial charge in [0, 0.05) is 0 Å². The fourth-order valence-corrected chi connectivity index (χ4v) is 0.782. The van der Waals surface area contributed by atoms with Crippen LogP contribution >= 0.6 is 13.6 Å². The van der Waals surface area contributed by atoms with Crippen LogP contribution in [0.1, 0.15) is 18.4 Å². The summed E-state index contributed by atoms with van der Waals surface area (Å²) in [6, 6.07) is 10.3. The zero-order valence-corrected chi connectivity index (χ0v) is 11.3. The normalized spacial score (nSPS) is 11.4. The molecule has 0 saturated heterocycles. The zero-order valence-electron chi connectivity index (χ0n) is 6.76. The molecule has 1 aromatic rings. The van der Waals surface area contributed by atoms with Crippen molar-refractivity contribution in [3.63, 3.8) is 0 Å². The molecular formula is C9H11BrZn. The Labute approximate surface area is 85.4 Å². The Hall–Kier alpha value is 0.323. The van der Waals surface area contributed by atoms with Gasteiger partial charge in [0.1, 0.15) is 0 Å². The fraction of sp³-hybridized carbons (Fsp3) is 0.222. The number of benzene rings is 1. The zero-order chi connectivity index (χ0) is 8.69. The van der Waals surface area contributed by atoms with E-state index in [9.17, 15) is 0 Å². The first kappa shape index (κ1) is 11.3. The van der Waals surface area contributed by atoms with E-state index in [-0.39, 0.29) is 0 Å². The molecule has 0 heterocycles. The molecule has 1 atom stereocenters. The van der Waals surface area contributed by atoms with Crippen molar-refractivity contribution in [2.24, 2.45) is 0 Å². The molecule has 0 aromatic heterocycles. The quantitative estimate of drug-likeness (QED) is 0.538. The van der Waals surface area contributed by atoms with Crippen molar-refractivity contribution in [2.75, 3.05) is 0 Å². The van der Waals surface area contributed by atoms with Gasteiger partial charge in [0.15, 0.2) is 0 Å². The summed E-state index contributed by atoms with van der Waals surface area (Å²) >= 11 is 4.25. The molecule has 1 aromatic carbocycles. The molecule has 1 unspecified atom stereocenters. The molecule has 0 amide bonds. The molecule has 0 spiro atoms. The van der Waals surface area contributed by atoms with Crippen LogP contribution in [0.15, 0.2) is 30.3 Å². The van der Waals surface area contributed by atoms with E-state index < -0.39 is 0 Å². The van der Waals surface area contributed by atoms with Crippen molar-refractivity contribution < 1.29 is 16.3 Å². The van der Waals surface area contributed by atoms with E-state index in [4.69, 9.17) is 0 Å². The molecular weight excluding hydrogens is 253 g/mol. The summed E-state index contributed by atoms with van der Waals surface area (Å²) in [4.78, 5) is 0. The van der Waals surface area contributed by atoms with E-state index in [0.717, 1.165) is 0 Å². The van der Waals surface area contributed by atoms with Crippen molar-refractivity contribution >= 4 is 13.6 Å². The van der Waals surface area contributed by atoms with Gasteiger partial charge in [-0.25, -0.2) is 0 Å². The minimum atomic E-state index is 0.409. The van der Waals surface area contributed by atoms with Gasteiger partial charge in [-0.2, -0.15) is 0 Å². The average Bonchev–Trinajstić information content (AvgIpc) is 2.10. The molecule has 0 bridgehead atoms. The van der Waals surface area contributed by atoms with Crippen molar-refractivity contribution in [2.45, 2.75) is 12.8 Å². The van der Waals surface area contributed by atoms with Crippen LogP contribution in [0.5, 0.6) is 0 Å². The predicted molar refractivity (Wildman–Crippen MR) is 49.1 cm³/mol. The summed E-state index contributed by atoms with van der Waals surface area (Å²) in [6.45, 7) is 6.00. The van der Waals surface area contributed by atoms with Crippen molar-refractivity contribution in [1.29, 1.82) is 0 Å². The van der Waals surface area contributed by atoms with E-state index in [1.807, 2.05) is 18.2 Å². The Balaban J connectivity index is 0.000000461. The van der Waals surface area contributed by atoms with Gasteiger partial charge in [0.05, 0.1) is 0 Å². The van der Waals surface area contributed by atoms with Gasteiger partial charge < -0.3 is 6.92 Å². The Bertz CT molecular complexity index is 172. The van der Waals surface area contributed by atoms with Gasteiger partial charge >= 0.3 is 30.0 Å². The summed E-state index contributed by atoms with van der Waals surface area (Å²) in [5.41, 5.74) is 1.30. The maximum atomic E-state index is 3.91. The Morgan fingerprint density at radius 2 is 1.73 bits per heavy atom. The van der Waals surface area contributed by atoms with E-state index in [1.54, 1.807) is 0 Å². The van der Waals surface area contributed by atoms with Gasteiger partial charge in [-0.1, -0.05) is 42.8 Å². The number of hydrogen-bond donors (Lipinski definition) is 0. The molecule has 0 aliphatic heterocycles. The molecule has 11 heavy (non-hydrogen) atoms. The fourth-order valence-electron chi connectivity index (χ4n) is 0.782. The Kier molecular flexibility index (Phi) is 7.20. The molecule has 56 valence electrons. The van der Waals surface area contributed by atoms with Crippen molar-refractivity contribution in [3.8, 4) is 0 Å². The van der Waals surface area contributed by atoms with Crippen molar-refractivity contribution in [1.82, 2.24) is 0 Å². The van der Waals surface area contributed by atoms with Gasteiger partial charge in [0.25, 0.3) is 0 Å². The topological polar surface area (TPSA) is 0 Å². The molecule has 0 aliphatic rings. The van der Waals surface area contributed by atoms with Crippen LogP contribution in [0.2, 0.25) is 0 Å². The summed E-state index contributed by atoms with van der Waals surface area (Å²) in [7, 11) is 0. The number of hydrogen-bond acceptors (Lipinski definition) is 0. The van der Waals surface area contributed by atoms with E-state index >= 15 is 0 Å². The second-order valence-corrected chi connectivity index (χ2v) is 2.31. The minimum absolute atomic E-state index is 0.409. The SMILES string of the molecule is [CH2-]C(C)c1ccccc1.[Zn+][Br]. The summed E-state index contributed by atoms with van der Waals surface area (Å²) in [5, 5.41) is 0. The third-order valence-corrected chi connectivity index (χ3v) is 1.37. The molecule has 2 heteroatoms. The molecule has 1 rings (SSSR count). The van der Waals surface area contributed by atoms with Gasteiger partial charge in [0.2, 0.25) is 0 Å². The van der Waals surface area contributed by atoms with E-state index in [0.29, 0.717) is 5.92 Å². The standard InChI is InChI=1S/C9H11.BrH.Zn/c1-8(2)9-6-4-3-5-7-9;;/h3-8H,1H2,2H3;1H;/q-1;;+2/p-1. The Morgan fingerprint density at radius 1 is 1.27 bits per heavy atom. The number of rotatable bonds is 1. The predicted octanol–water partition coefficient (Wildman–Crippen LogP) is 3.47. The van der Waals surface area contributed by atoms with Crippen LogP contribution in [-0.4, -0.2) is 0 Å². The maximum absolute atomic E-state index is 3.91. The van der Waals surface area contributed by atoms with Crippen LogP contribution in [0, 0.1) is 6.92 Å². The summed E-state index contributed by atoms with van der Waals surface area (Å²) < 4.78 is 0. The molecule has 0 N–H and O–H groups in total. The van der Waals surface area contributed by atoms with Gasteiger partial charge in [-0.15, -0.1) is 5.92 Å². The monoisotopic (exact) mass is 262 g/mol. The third-order valence-electron chi connectivity index (χ3n) is 1.37. The molecule has 0 fully saturated rings.